The maximum Gasteiger partial charge on any atom is 0.237 e. The third-order valence-electron chi connectivity index (χ3n) is 6.22. The first-order valence-corrected chi connectivity index (χ1v) is 10.5. The summed E-state index contributed by atoms with van der Waals surface area (Å²) in [7, 11) is 1.58. The number of carbonyl (C=O) groups excluding carboxylic acids is 1. The van der Waals surface area contributed by atoms with E-state index < -0.39 is 11.6 Å². The van der Waals surface area contributed by atoms with Gasteiger partial charge in [-0.1, -0.05) is 38.3 Å². The molecule has 1 aliphatic heterocycles. The number of nitrogens with zero attached hydrogens (tertiary/aromatic N) is 1. The molecule has 1 aromatic rings. The molecule has 0 saturated heterocycles. The van der Waals surface area contributed by atoms with Gasteiger partial charge in [0.25, 0.3) is 0 Å². The van der Waals surface area contributed by atoms with Crippen molar-refractivity contribution in [3.8, 4) is 0 Å². The number of methoxy groups -OCH3 is 1. The molecule has 1 saturated carbocycles. The van der Waals surface area contributed by atoms with Gasteiger partial charge in [0.1, 0.15) is 5.82 Å². The molecule has 1 amide bonds. The van der Waals surface area contributed by atoms with E-state index in [9.17, 15) is 9.90 Å². The van der Waals surface area contributed by atoms with Gasteiger partial charge in [-0.3, -0.25) is 4.79 Å². The lowest BCUT2D eigenvalue weighted by Crippen LogP contribution is -2.49. The molecule has 1 aliphatic carbocycles. The van der Waals surface area contributed by atoms with E-state index in [0.29, 0.717) is 37.1 Å². The molecule has 0 radical (unpaired) electrons. The van der Waals surface area contributed by atoms with Crippen LogP contribution >= 0.6 is 0 Å². The molecule has 5 nitrogen and oxygen atoms in total. The second kappa shape index (κ2) is 9.33. The normalized spacial score (nSPS) is 21.4. The molecule has 1 aromatic carbocycles. The number of fused-ring (bicyclic) bond motifs is 1. The third-order valence-corrected chi connectivity index (χ3v) is 6.22. The minimum Gasteiger partial charge on any atom is -0.389 e. The summed E-state index contributed by atoms with van der Waals surface area (Å²) in [4.78, 5) is 14.6. The monoisotopic (exact) mass is 392 g/mol. The van der Waals surface area contributed by atoms with Crippen molar-refractivity contribution in [2.24, 2.45) is 0 Å². The molecule has 1 unspecified atom stereocenters. The molecular formula is C22H33FN2O3. The third kappa shape index (κ3) is 4.56. The lowest BCUT2D eigenvalue weighted by Gasteiger charge is -2.38. The van der Waals surface area contributed by atoms with Crippen LogP contribution in [0, 0.1) is 5.82 Å². The zero-order valence-electron chi connectivity index (χ0n) is 17.1. The van der Waals surface area contributed by atoms with Crippen molar-refractivity contribution in [3.05, 3.63) is 34.6 Å². The zero-order valence-corrected chi connectivity index (χ0v) is 17.1. The molecule has 3 rings (SSSR count). The Hall–Kier alpha value is -1.50. The van der Waals surface area contributed by atoms with Crippen LogP contribution in [-0.4, -0.2) is 54.9 Å². The van der Waals surface area contributed by atoms with E-state index in [-0.39, 0.29) is 24.9 Å². The van der Waals surface area contributed by atoms with Crippen molar-refractivity contribution in [1.82, 2.24) is 10.2 Å². The lowest BCUT2D eigenvalue weighted by molar-refractivity contribution is -0.134. The predicted octanol–water partition coefficient (Wildman–Crippen LogP) is 2.75. The molecule has 28 heavy (non-hydrogen) atoms. The first-order chi connectivity index (χ1) is 13.5. The fourth-order valence-corrected chi connectivity index (χ4v) is 4.60. The Kier molecular flexibility index (Phi) is 7.07. The zero-order chi connectivity index (χ0) is 20.1. The van der Waals surface area contributed by atoms with Gasteiger partial charge in [-0.25, -0.2) is 4.39 Å². The van der Waals surface area contributed by atoms with Gasteiger partial charge >= 0.3 is 0 Å². The van der Waals surface area contributed by atoms with E-state index in [1.807, 2.05) is 19.1 Å². The maximum atomic E-state index is 15.1. The van der Waals surface area contributed by atoms with Crippen molar-refractivity contribution in [1.29, 1.82) is 0 Å². The SMILES string of the molecule is CCc1ccc2c(c1F)C(COC)N(C(=O)CNCC1(O)CCCCC1)CC2. The van der Waals surface area contributed by atoms with E-state index in [2.05, 4.69) is 5.32 Å². The molecule has 1 fully saturated rings. The Bertz CT molecular complexity index is 689. The van der Waals surface area contributed by atoms with Gasteiger partial charge in [-0.2, -0.15) is 0 Å². The van der Waals surface area contributed by atoms with Crippen molar-refractivity contribution < 1.29 is 19.0 Å². The molecule has 0 spiro atoms. The highest BCUT2D eigenvalue weighted by Crippen LogP contribution is 2.34. The maximum absolute atomic E-state index is 15.1. The first-order valence-electron chi connectivity index (χ1n) is 10.5. The van der Waals surface area contributed by atoms with Gasteiger partial charge in [0.05, 0.1) is 24.8 Å². The number of aryl methyl sites for hydroxylation is 1. The number of aliphatic hydroxyl groups is 1. The molecular weight excluding hydrogens is 359 g/mol. The number of hydrogen-bond acceptors (Lipinski definition) is 4. The number of ether oxygens (including phenoxy) is 1. The molecule has 1 atom stereocenters. The summed E-state index contributed by atoms with van der Waals surface area (Å²) >= 11 is 0. The Morgan fingerprint density at radius 3 is 2.79 bits per heavy atom. The van der Waals surface area contributed by atoms with Crippen molar-refractivity contribution in [2.75, 3.05) is 33.4 Å². The molecule has 156 valence electrons. The van der Waals surface area contributed by atoms with Crippen molar-refractivity contribution in [2.45, 2.75) is 63.5 Å². The van der Waals surface area contributed by atoms with Crippen LogP contribution in [0.4, 0.5) is 4.39 Å². The van der Waals surface area contributed by atoms with Crippen LogP contribution in [0.3, 0.4) is 0 Å². The predicted molar refractivity (Wildman–Crippen MR) is 107 cm³/mol. The molecule has 2 aliphatic rings. The minimum atomic E-state index is -0.707. The lowest BCUT2D eigenvalue weighted by atomic mass is 9.85. The molecule has 2 N–H and O–H groups in total. The first kappa shape index (κ1) is 21.2. The quantitative estimate of drug-likeness (QED) is 0.749. The van der Waals surface area contributed by atoms with Gasteiger partial charge in [0.2, 0.25) is 5.91 Å². The Morgan fingerprint density at radius 1 is 1.36 bits per heavy atom. The molecule has 0 bridgehead atoms. The fraction of sp³-hybridized carbons (Fsp3) is 0.682. The molecule has 0 aromatic heterocycles. The number of carbonyl (C=O) groups is 1. The van der Waals surface area contributed by atoms with Crippen LogP contribution in [-0.2, 0) is 22.4 Å². The highest BCUT2D eigenvalue weighted by atomic mass is 19.1. The Labute approximate surface area is 167 Å². The average molecular weight is 393 g/mol. The summed E-state index contributed by atoms with van der Waals surface area (Å²) in [6.07, 6.45) is 6.05. The van der Waals surface area contributed by atoms with E-state index in [0.717, 1.165) is 31.2 Å². The van der Waals surface area contributed by atoms with E-state index >= 15 is 4.39 Å². The summed E-state index contributed by atoms with van der Waals surface area (Å²) in [6.45, 7) is 3.32. The van der Waals surface area contributed by atoms with Gasteiger partial charge in [-0.15, -0.1) is 0 Å². The van der Waals surface area contributed by atoms with Crippen LogP contribution in [0.1, 0.15) is 61.8 Å². The fourth-order valence-electron chi connectivity index (χ4n) is 4.60. The van der Waals surface area contributed by atoms with Crippen molar-refractivity contribution >= 4 is 5.91 Å². The molecule has 6 heteroatoms. The number of hydrogen-bond donors (Lipinski definition) is 2. The summed E-state index contributed by atoms with van der Waals surface area (Å²) in [6, 6.07) is 3.42. The highest BCUT2D eigenvalue weighted by Gasteiger charge is 2.34. The standard InChI is InChI=1S/C22H33FN2O3/c1-3-16-7-8-17-9-12-25(18(14-28-2)20(17)21(16)23)19(26)13-24-15-22(27)10-5-4-6-11-22/h7-8,18,24,27H,3-6,9-15H2,1-2H3. The Balaban J connectivity index is 1.69. The van der Waals surface area contributed by atoms with E-state index in [4.69, 9.17) is 4.74 Å². The van der Waals surface area contributed by atoms with Gasteiger partial charge in [0, 0.05) is 25.8 Å². The average Bonchev–Trinajstić information content (AvgIpc) is 2.69. The van der Waals surface area contributed by atoms with E-state index in [1.165, 1.54) is 6.42 Å². The number of halogens is 1. The molecule has 1 heterocycles. The topological polar surface area (TPSA) is 61.8 Å². The number of benzene rings is 1. The van der Waals surface area contributed by atoms with Gasteiger partial charge < -0.3 is 20.1 Å². The minimum absolute atomic E-state index is 0.0755. The van der Waals surface area contributed by atoms with Crippen LogP contribution in [0.2, 0.25) is 0 Å². The summed E-state index contributed by atoms with van der Waals surface area (Å²) < 4.78 is 20.4. The second-order valence-electron chi connectivity index (χ2n) is 8.16. The van der Waals surface area contributed by atoms with Gasteiger partial charge in [-0.05, 0) is 36.8 Å². The van der Waals surface area contributed by atoms with Crippen LogP contribution in [0.25, 0.3) is 0 Å². The smallest absolute Gasteiger partial charge is 0.237 e. The van der Waals surface area contributed by atoms with Crippen molar-refractivity contribution in [3.63, 3.8) is 0 Å². The number of amides is 1. The van der Waals surface area contributed by atoms with Crippen LogP contribution < -0.4 is 5.32 Å². The number of nitrogens with one attached hydrogen (secondary N) is 1. The summed E-state index contributed by atoms with van der Waals surface area (Å²) in [5.41, 5.74) is 1.53. The Morgan fingerprint density at radius 2 is 2.11 bits per heavy atom. The largest absolute Gasteiger partial charge is 0.389 e. The summed E-state index contributed by atoms with van der Waals surface area (Å²) in [5, 5.41) is 13.7. The van der Waals surface area contributed by atoms with Crippen LogP contribution in [0.5, 0.6) is 0 Å². The van der Waals surface area contributed by atoms with E-state index in [1.54, 1.807) is 12.0 Å². The summed E-state index contributed by atoms with van der Waals surface area (Å²) in [5.74, 6) is -0.280. The number of rotatable bonds is 7. The van der Waals surface area contributed by atoms with Crippen LogP contribution in [0.15, 0.2) is 12.1 Å². The highest BCUT2D eigenvalue weighted by molar-refractivity contribution is 5.79. The second-order valence-corrected chi connectivity index (χ2v) is 8.16. The van der Waals surface area contributed by atoms with Gasteiger partial charge in [0.15, 0.2) is 0 Å².